The van der Waals surface area contributed by atoms with E-state index < -0.39 is 11.9 Å². The summed E-state index contributed by atoms with van der Waals surface area (Å²) in [6, 6.07) is 7.75. The summed E-state index contributed by atoms with van der Waals surface area (Å²) in [7, 11) is 1.63. The first-order valence-corrected chi connectivity index (χ1v) is 9.16. The van der Waals surface area contributed by atoms with Crippen LogP contribution in [0.1, 0.15) is 45.6 Å². The highest BCUT2D eigenvalue weighted by Gasteiger charge is 2.38. The van der Waals surface area contributed by atoms with E-state index in [-0.39, 0.29) is 17.9 Å². The number of aliphatic hydroxyl groups excluding tert-OH is 1. The van der Waals surface area contributed by atoms with Crippen molar-refractivity contribution in [3.05, 3.63) is 29.8 Å². The van der Waals surface area contributed by atoms with Crippen LogP contribution in [0.4, 0.5) is 4.79 Å². The lowest BCUT2D eigenvalue weighted by atomic mass is 9.80. The van der Waals surface area contributed by atoms with E-state index in [0.717, 1.165) is 11.3 Å². The second kappa shape index (κ2) is 8.73. The topological polar surface area (TPSA) is 68.2 Å². The van der Waals surface area contributed by atoms with Gasteiger partial charge in [0.2, 0.25) is 0 Å². The highest BCUT2D eigenvalue weighted by Crippen LogP contribution is 2.36. The van der Waals surface area contributed by atoms with Crippen LogP contribution < -0.4 is 4.74 Å². The quantitative estimate of drug-likeness (QED) is 0.810. The van der Waals surface area contributed by atoms with E-state index in [2.05, 4.69) is 0 Å². The van der Waals surface area contributed by atoms with Gasteiger partial charge in [-0.05, 0) is 51.8 Å². The molecule has 0 bridgehead atoms. The van der Waals surface area contributed by atoms with Gasteiger partial charge in [0.05, 0.1) is 7.11 Å². The van der Waals surface area contributed by atoms with Crippen molar-refractivity contribution in [2.45, 2.75) is 51.9 Å². The zero-order valence-corrected chi connectivity index (χ0v) is 16.4. The number of rotatable bonds is 5. The Labute approximate surface area is 156 Å². The molecule has 3 atom stereocenters. The van der Waals surface area contributed by atoms with Crippen molar-refractivity contribution in [1.29, 1.82) is 0 Å². The monoisotopic (exact) mass is 365 g/mol. The van der Waals surface area contributed by atoms with E-state index in [0.29, 0.717) is 26.1 Å². The Kier molecular flexibility index (Phi) is 6.89. The molecular formula is C20H31NO5. The third-order valence-corrected chi connectivity index (χ3v) is 4.57. The molecule has 0 saturated carbocycles. The van der Waals surface area contributed by atoms with Crippen molar-refractivity contribution in [2.24, 2.45) is 5.92 Å². The number of methoxy groups -OCH3 is 1. The molecule has 146 valence electrons. The molecule has 1 N–H and O–H groups in total. The van der Waals surface area contributed by atoms with Crippen LogP contribution >= 0.6 is 0 Å². The van der Waals surface area contributed by atoms with Crippen LogP contribution in [-0.4, -0.2) is 54.8 Å². The number of amides is 1. The van der Waals surface area contributed by atoms with E-state index in [1.165, 1.54) is 0 Å². The maximum absolute atomic E-state index is 12.5. The number of piperidine rings is 1. The lowest BCUT2D eigenvalue weighted by molar-refractivity contribution is -0.145. The molecule has 6 nitrogen and oxygen atoms in total. The first kappa shape index (κ1) is 20.5. The number of carbonyl (C=O) groups is 1. The molecule has 0 aliphatic carbocycles. The van der Waals surface area contributed by atoms with Crippen LogP contribution in [0.25, 0.3) is 0 Å². The molecule has 1 aliphatic heterocycles. The number of hydrogen-bond donors (Lipinski definition) is 1. The predicted octanol–water partition coefficient (Wildman–Crippen LogP) is 3.39. The molecular weight excluding hydrogens is 334 g/mol. The van der Waals surface area contributed by atoms with Crippen LogP contribution in [0.3, 0.4) is 0 Å². The van der Waals surface area contributed by atoms with Crippen LogP contribution in [0.2, 0.25) is 0 Å². The average molecular weight is 365 g/mol. The van der Waals surface area contributed by atoms with Gasteiger partial charge in [0.25, 0.3) is 0 Å². The minimum Gasteiger partial charge on any atom is -0.497 e. The van der Waals surface area contributed by atoms with Crippen molar-refractivity contribution in [3.8, 4) is 5.75 Å². The normalized spacial score (nSPS) is 22.0. The van der Waals surface area contributed by atoms with Gasteiger partial charge in [-0.15, -0.1) is 0 Å². The van der Waals surface area contributed by atoms with Gasteiger partial charge >= 0.3 is 6.09 Å². The number of hydrogen-bond acceptors (Lipinski definition) is 5. The number of likely N-dealkylation sites (tertiary alicyclic amines) is 1. The van der Waals surface area contributed by atoms with Crippen LogP contribution in [-0.2, 0) is 9.47 Å². The summed E-state index contributed by atoms with van der Waals surface area (Å²) < 4.78 is 16.2. The summed E-state index contributed by atoms with van der Waals surface area (Å²) >= 11 is 0. The van der Waals surface area contributed by atoms with E-state index >= 15 is 0 Å². The van der Waals surface area contributed by atoms with Gasteiger partial charge in [0.1, 0.15) is 11.4 Å². The largest absolute Gasteiger partial charge is 0.497 e. The average Bonchev–Trinajstić information content (AvgIpc) is 2.60. The molecule has 1 unspecified atom stereocenters. The van der Waals surface area contributed by atoms with Crippen molar-refractivity contribution in [2.75, 3.05) is 26.8 Å². The highest BCUT2D eigenvalue weighted by molar-refractivity contribution is 5.68. The van der Waals surface area contributed by atoms with Gasteiger partial charge in [0.15, 0.2) is 6.29 Å². The summed E-state index contributed by atoms with van der Waals surface area (Å²) in [5, 5.41) is 10.4. The number of aliphatic hydroxyl groups is 1. The maximum atomic E-state index is 12.5. The molecule has 26 heavy (non-hydrogen) atoms. The fraction of sp³-hybridized carbons (Fsp3) is 0.650. The Hall–Kier alpha value is -1.79. The number of benzene rings is 1. The minimum atomic E-state index is -0.854. The summed E-state index contributed by atoms with van der Waals surface area (Å²) in [6.07, 6.45) is -0.523. The van der Waals surface area contributed by atoms with Gasteiger partial charge in [0, 0.05) is 31.5 Å². The molecule has 1 fully saturated rings. The minimum absolute atomic E-state index is 0.0382. The lowest BCUT2D eigenvalue weighted by Crippen LogP contribution is -2.47. The number of carbonyl (C=O) groups excluding carboxylic acids is 1. The van der Waals surface area contributed by atoms with Gasteiger partial charge < -0.3 is 24.2 Å². The summed E-state index contributed by atoms with van der Waals surface area (Å²) in [4.78, 5) is 14.2. The van der Waals surface area contributed by atoms with Crippen molar-refractivity contribution < 1.29 is 24.1 Å². The molecule has 1 aromatic rings. The van der Waals surface area contributed by atoms with Gasteiger partial charge in [-0.25, -0.2) is 4.79 Å². The summed E-state index contributed by atoms with van der Waals surface area (Å²) in [5.41, 5.74) is 0.511. The molecule has 0 radical (unpaired) electrons. The van der Waals surface area contributed by atoms with E-state index in [9.17, 15) is 9.90 Å². The molecule has 1 aliphatic rings. The Morgan fingerprint density at radius 3 is 2.50 bits per heavy atom. The van der Waals surface area contributed by atoms with Crippen LogP contribution in [0, 0.1) is 5.92 Å². The molecule has 6 heteroatoms. The first-order chi connectivity index (χ1) is 12.2. The molecule has 1 amide bonds. The molecule has 2 rings (SSSR count). The summed E-state index contributed by atoms with van der Waals surface area (Å²) in [5.74, 6) is 0.654. The molecule has 0 aromatic heterocycles. The smallest absolute Gasteiger partial charge is 0.410 e. The van der Waals surface area contributed by atoms with Gasteiger partial charge in [-0.1, -0.05) is 12.1 Å². The van der Waals surface area contributed by atoms with Crippen molar-refractivity contribution in [3.63, 3.8) is 0 Å². The molecule has 1 heterocycles. The van der Waals surface area contributed by atoms with Crippen molar-refractivity contribution >= 4 is 6.09 Å². The fourth-order valence-electron chi connectivity index (χ4n) is 3.30. The van der Waals surface area contributed by atoms with E-state index in [1.807, 2.05) is 52.0 Å². The van der Waals surface area contributed by atoms with Crippen LogP contribution in [0.15, 0.2) is 24.3 Å². The lowest BCUT2D eigenvalue weighted by Gasteiger charge is -2.40. The van der Waals surface area contributed by atoms with Crippen LogP contribution in [0.5, 0.6) is 5.75 Å². The number of nitrogens with zero attached hydrogens (tertiary/aromatic N) is 1. The Morgan fingerprint density at radius 2 is 1.96 bits per heavy atom. The molecule has 0 spiro atoms. The Balaban J connectivity index is 2.21. The second-order valence-corrected chi connectivity index (χ2v) is 7.60. The second-order valence-electron chi connectivity index (χ2n) is 7.60. The standard InChI is InChI=1S/C20H31NO5/c1-6-25-18(22)16-11-12-21(19(23)26-20(2,3)4)13-17(16)14-7-9-15(24-5)10-8-14/h7-10,16-18,22H,6,11-13H2,1-5H3/t16-,17-,18?/m1/s1. The molecule has 1 aromatic carbocycles. The Bertz CT molecular complexity index is 581. The summed E-state index contributed by atoms with van der Waals surface area (Å²) in [6.45, 7) is 8.91. The molecule has 1 saturated heterocycles. The zero-order chi connectivity index (χ0) is 19.3. The third-order valence-electron chi connectivity index (χ3n) is 4.57. The predicted molar refractivity (Wildman–Crippen MR) is 99.3 cm³/mol. The first-order valence-electron chi connectivity index (χ1n) is 9.16. The van der Waals surface area contributed by atoms with Gasteiger partial charge in [-0.3, -0.25) is 0 Å². The van der Waals surface area contributed by atoms with E-state index in [1.54, 1.807) is 12.0 Å². The fourth-order valence-corrected chi connectivity index (χ4v) is 3.30. The zero-order valence-electron chi connectivity index (χ0n) is 16.4. The number of ether oxygens (including phenoxy) is 3. The third kappa shape index (κ3) is 5.35. The SMILES string of the molecule is CCOC(O)[C@@H]1CCN(C(=O)OC(C)(C)C)C[C@@H]1c1ccc(OC)cc1. The maximum Gasteiger partial charge on any atom is 0.410 e. The van der Waals surface area contributed by atoms with Gasteiger partial charge in [-0.2, -0.15) is 0 Å². The van der Waals surface area contributed by atoms with Crippen molar-refractivity contribution in [1.82, 2.24) is 4.90 Å². The highest BCUT2D eigenvalue weighted by atomic mass is 16.6. The Morgan fingerprint density at radius 1 is 1.31 bits per heavy atom. The van der Waals surface area contributed by atoms with E-state index in [4.69, 9.17) is 14.2 Å².